The predicted molar refractivity (Wildman–Crippen MR) is 118 cm³/mol. The molecule has 4 unspecified atom stereocenters. The number of H-pyrrole nitrogens is 1. The van der Waals surface area contributed by atoms with Crippen LogP contribution in [0.4, 0.5) is 0 Å². The van der Waals surface area contributed by atoms with Gasteiger partial charge in [-0.15, -0.1) is 0 Å². The summed E-state index contributed by atoms with van der Waals surface area (Å²) < 4.78 is 0. The largest absolute Gasteiger partial charge is 0.480 e. The van der Waals surface area contributed by atoms with Crippen molar-refractivity contribution in [2.75, 3.05) is 18.6 Å². The van der Waals surface area contributed by atoms with E-state index in [4.69, 9.17) is 16.6 Å². The number of thioether (sulfide) groups is 1. The average molecular weight is 488 g/mol. The lowest BCUT2D eigenvalue weighted by atomic mass is 10.1. The van der Waals surface area contributed by atoms with E-state index in [1.54, 1.807) is 0 Å². The number of aliphatic carboxylic acids is 1. The minimum Gasteiger partial charge on any atom is -0.480 e. The van der Waals surface area contributed by atoms with Crippen LogP contribution >= 0.6 is 11.8 Å². The molecule has 184 valence electrons. The van der Waals surface area contributed by atoms with E-state index >= 15 is 0 Å². The van der Waals surface area contributed by atoms with Gasteiger partial charge in [0.05, 0.1) is 25.4 Å². The molecule has 0 fully saturated rings. The van der Waals surface area contributed by atoms with Crippen molar-refractivity contribution in [3.05, 3.63) is 18.2 Å². The Labute approximate surface area is 193 Å². The summed E-state index contributed by atoms with van der Waals surface area (Å²) in [5, 5.41) is 25.5. The molecule has 0 bridgehead atoms. The summed E-state index contributed by atoms with van der Waals surface area (Å²) in [6.45, 7) is -0.877. The number of carboxylic acid groups (broad SMARTS) is 1. The Morgan fingerprint density at radius 2 is 1.70 bits per heavy atom. The fourth-order valence-electron chi connectivity index (χ4n) is 2.62. The number of nitrogens with zero attached hydrogens (tertiary/aromatic N) is 1. The lowest BCUT2D eigenvalue weighted by Crippen LogP contribution is -2.58. The van der Waals surface area contributed by atoms with E-state index in [0.717, 1.165) is 0 Å². The zero-order valence-corrected chi connectivity index (χ0v) is 18.8. The highest BCUT2D eigenvalue weighted by atomic mass is 32.2. The molecule has 10 N–H and O–H groups in total. The number of primary amides is 1. The summed E-state index contributed by atoms with van der Waals surface area (Å²) in [5.74, 6) is -4.31. The lowest BCUT2D eigenvalue weighted by molar-refractivity contribution is -0.144. The molecule has 0 aromatic carbocycles. The third-order valence-electron chi connectivity index (χ3n) is 4.42. The maximum absolute atomic E-state index is 12.8. The number of carbonyl (C=O) groups is 5. The Kier molecular flexibility index (Phi) is 11.9. The SMILES string of the molecule is CSCCC(N)C(=O)NC(Cc1cnc[nH]1)C(=O)NC(CO)C(=O)NC(CC(N)=O)C(=O)O. The van der Waals surface area contributed by atoms with E-state index in [1.165, 1.54) is 24.3 Å². The number of rotatable bonds is 15. The van der Waals surface area contributed by atoms with Crippen LogP contribution in [0.25, 0.3) is 0 Å². The Bertz CT molecular complexity index is 821. The third kappa shape index (κ3) is 9.88. The van der Waals surface area contributed by atoms with E-state index in [1.807, 2.05) is 11.6 Å². The monoisotopic (exact) mass is 487 g/mol. The van der Waals surface area contributed by atoms with Crippen molar-refractivity contribution in [1.82, 2.24) is 25.9 Å². The number of nitrogens with two attached hydrogens (primary N) is 2. The van der Waals surface area contributed by atoms with Gasteiger partial charge < -0.3 is 42.6 Å². The topological polar surface area (TPSA) is 243 Å². The number of aliphatic hydroxyl groups is 1. The highest BCUT2D eigenvalue weighted by Gasteiger charge is 2.30. The second-order valence-corrected chi connectivity index (χ2v) is 8.03. The van der Waals surface area contributed by atoms with Gasteiger partial charge in [-0.3, -0.25) is 19.2 Å². The van der Waals surface area contributed by atoms with Crippen LogP contribution in [0.1, 0.15) is 18.5 Å². The van der Waals surface area contributed by atoms with Crippen LogP contribution in [-0.4, -0.2) is 92.6 Å². The maximum atomic E-state index is 12.8. The summed E-state index contributed by atoms with van der Waals surface area (Å²) in [5.41, 5.74) is 11.3. The van der Waals surface area contributed by atoms with E-state index in [-0.39, 0.29) is 6.42 Å². The quantitative estimate of drug-likeness (QED) is 0.121. The molecule has 33 heavy (non-hydrogen) atoms. The number of nitrogens with one attached hydrogen (secondary N) is 4. The van der Waals surface area contributed by atoms with Crippen LogP contribution in [0.15, 0.2) is 12.5 Å². The van der Waals surface area contributed by atoms with Crippen LogP contribution in [0.3, 0.4) is 0 Å². The fraction of sp³-hybridized carbons (Fsp3) is 0.556. The van der Waals surface area contributed by atoms with Crippen molar-refractivity contribution in [3.63, 3.8) is 0 Å². The molecule has 15 heteroatoms. The van der Waals surface area contributed by atoms with Crippen molar-refractivity contribution >= 4 is 41.4 Å². The van der Waals surface area contributed by atoms with Crippen molar-refractivity contribution in [3.8, 4) is 0 Å². The Hall–Kier alpha value is -3.17. The number of carboxylic acids is 1. The van der Waals surface area contributed by atoms with Gasteiger partial charge in [0.25, 0.3) is 0 Å². The number of aliphatic hydroxyl groups excluding tert-OH is 1. The van der Waals surface area contributed by atoms with Crippen molar-refractivity contribution in [2.24, 2.45) is 11.5 Å². The minimum absolute atomic E-state index is 0.0218. The molecule has 4 amide bonds. The first-order chi connectivity index (χ1) is 15.6. The molecule has 0 saturated heterocycles. The molecule has 4 atom stereocenters. The fourth-order valence-corrected chi connectivity index (χ4v) is 3.11. The molecule has 14 nitrogen and oxygen atoms in total. The van der Waals surface area contributed by atoms with Gasteiger partial charge >= 0.3 is 5.97 Å². The van der Waals surface area contributed by atoms with Gasteiger partial charge in [-0.25, -0.2) is 9.78 Å². The maximum Gasteiger partial charge on any atom is 0.326 e. The van der Waals surface area contributed by atoms with Crippen LogP contribution in [0, 0.1) is 0 Å². The van der Waals surface area contributed by atoms with Gasteiger partial charge in [0.1, 0.15) is 18.1 Å². The molecule has 0 radical (unpaired) electrons. The predicted octanol–water partition coefficient (Wildman–Crippen LogP) is -3.56. The number of amides is 4. The second kappa shape index (κ2) is 14.1. The van der Waals surface area contributed by atoms with Gasteiger partial charge in [-0.2, -0.15) is 11.8 Å². The Morgan fingerprint density at radius 1 is 1.09 bits per heavy atom. The van der Waals surface area contributed by atoms with Gasteiger partial charge in [0, 0.05) is 18.3 Å². The number of hydrogen-bond acceptors (Lipinski definition) is 9. The zero-order valence-electron chi connectivity index (χ0n) is 17.9. The lowest BCUT2D eigenvalue weighted by Gasteiger charge is -2.24. The van der Waals surface area contributed by atoms with Gasteiger partial charge in [0.2, 0.25) is 23.6 Å². The molecule has 0 aliphatic rings. The molecular weight excluding hydrogens is 458 g/mol. The summed E-state index contributed by atoms with van der Waals surface area (Å²) in [7, 11) is 0. The molecule has 1 aromatic heterocycles. The van der Waals surface area contributed by atoms with Gasteiger partial charge in [-0.1, -0.05) is 0 Å². The molecule has 0 saturated carbocycles. The number of carbonyl (C=O) groups excluding carboxylic acids is 4. The van der Waals surface area contributed by atoms with Crippen molar-refractivity contribution in [2.45, 2.75) is 43.4 Å². The van der Waals surface area contributed by atoms with Crippen LogP contribution in [-0.2, 0) is 30.4 Å². The summed E-state index contributed by atoms with van der Waals surface area (Å²) in [4.78, 5) is 66.5. The number of hydrogen-bond donors (Lipinski definition) is 8. The smallest absolute Gasteiger partial charge is 0.326 e. The first kappa shape index (κ1) is 27.9. The van der Waals surface area contributed by atoms with E-state index < -0.39 is 66.8 Å². The van der Waals surface area contributed by atoms with Crippen LogP contribution in [0.2, 0.25) is 0 Å². The second-order valence-electron chi connectivity index (χ2n) is 7.04. The molecule has 0 aliphatic carbocycles. The van der Waals surface area contributed by atoms with Gasteiger partial charge in [-0.05, 0) is 18.4 Å². The number of aromatic nitrogens is 2. The Morgan fingerprint density at radius 3 is 2.21 bits per heavy atom. The number of aromatic amines is 1. The normalized spacial score (nSPS) is 14.4. The first-order valence-corrected chi connectivity index (χ1v) is 11.2. The third-order valence-corrected chi connectivity index (χ3v) is 5.06. The van der Waals surface area contributed by atoms with E-state index in [2.05, 4.69) is 20.6 Å². The molecule has 1 aromatic rings. The Balaban J connectivity index is 2.91. The molecule has 0 spiro atoms. The van der Waals surface area contributed by atoms with Crippen LogP contribution in [0.5, 0.6) is 0 Å². The van der Waals surface area contributed by atoms with Crippen molar-refractivity contribution < 1.29 is 34.2 Å². The van der Waals surface area contributed by atoms with Gasteiger partial charge in [0.15, 0.2) is 0 Å². The summed E-state index contributed by atoms with van der Waals surface area (Å²) in [6, 6.07) is -5.24. The highest BCUT2D eigenvalue weighted by molar-refractivity contribution is 7.98. The summed E-state index contributed by atoms with van der Waals surface area (Å²) in [6.07, 6.45) is 4.36. The highest BCUT2D eigenvalue weighted by Crippen LogP contribution is 2.03. The zero-order chi connectivity index (χ0) is 25.0. The minimum atomic E-state index is -1.64. The summed E-state index contributed by atoms with van der Waals surface area (Å²) >= 11 is 1.51. The van der Waals surface area contributed by atoms with E-state index in [0.29, 0.717) is 17.9 Å². The molecule has 0 aliphatic heterocycles. The standard InChI is InChI=1S/C18H29N7O7S/c1-33-3-2-10(19)15(28)23-11(4-9-6-21-8-22-9)16(29)25-13(7-26)17(30)24-12(18(31)32)5-14(20)27/h6,8,10-13,26H,2-5,7,19H2,1H3,(H2,20,27)(H,21,22)(H,23,28)(H,24,30)(H,25,29)(H,31,32). The first-order valence-electron chi connectivity index (χ1n) is 9.83. The average Bonchev–Trinajstić information content (AvgIpc) is 3.27. The number of imidazole rings is 1. The molecular formula is C18H29N7O7S. The van der Waals surface area contributed by atoms with Crippen molar-refractivity contribution in [1.29, 1.82) is 0 Å². The van der Waals surface area contributed by atoms with Crippen LogP contribution < -0.4 is 27.4 Å². The molecule has 1 heterocycles. The molecule has 1 rings (SSSR count). The van der Waals surface area contributed by atoms with E-state index in [9.17, 15) is 29.1 Å².